The van der Waals surface area contributed by atoms with Gasteiger partial charge in [0.2, 0.25) is 15.9 Å². The van der Waals surface area contributed by atoms with Crippen molar-refractivity contribution >= 4 is 44.1 Å². The predicted octanol–water partition coefficient (Wildman–Crippen LogP) is 1.83. The fourth-order valence-electron chi connectivity index (χ4n) is 4.24. The maximum Gasteiger partial charge on any atom is 0.272 e. The molecule has 3 amide bonds. The first-order valence-corrected chi connectivity index (χ1v) is 15.1. The zero-order valence-corrected chi connectivity index (χ0v) is 25.0. The number of carbonyl (C=O) groups excluding carboxylic acids is 3. The molecule has 0 aliphatic carbocycles. The van der Waals surface area contributed by atoms with Crippen LogP contribution in [0.3, 0.4) is 0 Å². The third-order valence-electron chi connectivity index (χ3n) is 6.47. The van der Waals surface area contributed by atoms with E-state index in [9.17, 15) is 22.8 Å². The van der Waals surface area contributed by atoms with Gasteiger partial charge in [-0.1, -0.05) is 0 Å². The van der Waals surface area contributed by atoms with Crippen molar-refractivity contribution < 1.29 is 32.3 Å². The highest BCUT2D eigenvalue weighted by atomic mass is 32.2. The number of fused-ring (bicyclic) bond motifs is 1. The number of thiophene rings is 1. The monoisotopic (exact) mass is 595 g/mol. The lowest BCUT2D eigenvalue weighted by Crippen LogP contribution is -2.41. The van der Waals surface area contributed by atoms with E-state index in [2.05, 4.69) is 34.9 Å². The van der Waals surface area contributed by atoms with Crippen molar-refractivity contribution in [2.75, 3.05) is 52.4 Å². The lowest BCUT2D eigenvalue weighted by atomic mass is 10.0. The summed E-state index contributed by atoms with van der Waals surface area (Å²) in [6.45, 7) is 7.65. The van der Waals surface area contributed by atoms with E-state index in [4.69, 9.17) is 9.47 Å². The lowest BCUT2D eigenvalue weighted by Gasteiger charge is -2.30. The third-order valence-corrected chi connectivity index (χ3v) is 9.51. The minimum Gasteiger partial charge on any atom is -0.383 e. The molecule has 1 aromatic heterocycles. The molecule has 0 bridgehead atoms. The van der Waals surface area contributed by atoms with Gasteiger partial charge in [-0.05, 0) is 50.1 Å². The molecule has 220 valence electrons. The standard InChI is InChI=1S/C26H37N5O7S2/c1-17(2)30-11-10-21-22(16-30)39-26(23(21)25(34)29-28-18(3)32)27-24(33)19-6-8-20(9-7-19)40(35,36)31(12-14-37-4)13-15-38-5/h6-9,17H,10-16H2,1-5H3,(H,27,33)(H,28,32)(H,29,34). The van der Waals surface area contributed by atoms with Gasteiger partial charge in [-0.25, -0.2) is 8.42 Å². The Morgan fingerprint density at radius 2 is 1.65 bits per heavy atom. The number of amides is 3. The summed E-state index contributed by atoms with van der Waals surface area (Å²) in [5.41, 5.74) is 6.08. The van der Waals surface area contributed by atoms with Crippen LogP contribution in [0.1, 0.15) is 51.9 Å². The number of hydrazine groups is 1. The fourth-order valence-corrected chi connectivity index (χ4v) is 6.91. The second-order valence-corrected chi connectivity index (χ2v) is 12.6. The molecule has 1 aromatic carbocycles. The molecule has 40 heavy (non-hydrogen) atoms. The molecule has 2 aromatic rings. The highest BCUT2D eigenvalue weighted by molar-refractivity contribution is 7.89. The van der Waals surface area contributed by atoms with Crippen molar-refractivity contribution in [3.63, 3.8) is 0 Å². The van der Waals surface area contributed by atoms with Crippen LogP contribution in [0, 0.1) is 0 Å². The van der Waals surface area contributed by atoms with Gasteiger partial charge in [0.25, 0.3) is 11.8 Å². The van der Waals surface area contributed by atoms with E-state index in [1.54, 1.807) is 0 Å². The van der Waals surface area contributed by atoms with E-state index >= 15 is 0 Å². The Morgan fingerprint density at radius 3 is 2.20 bits per heavy atom. The fraction of sp³-hybridized carbons (Fsp3) is 0.500. The number of ether oxygens (including phenoxy) is 2. The van der Waals surface area contributed by atoms with Crippen LogP contribution in [-0.4, -0.2) is 88.5 Å². The number of sulfonamides is 1. The Kier molecular flexibility index (Phi) is 11.2. The molecule has 2 heterocycles. The van der Waals surface area contributed by atoms with E-state index < -0.39 is 27.7 Å². The van der Waals surface area contributed by atoms with E-state index in [1.807, 2.05) is 0 Å². The van der Waals surface area contributed by atoms with Crippen LogP contribution >= 0.6 is 11.3 Å². The van der Waals surface area contributed by atoms with E-state index in [1.165, 1.54) is 61.1 Å². The topological polar surface area (TPSA) is 146 Å². The number of anilines is 1. The number of nitrogens with zero attached hydrogens (tertiary/aromatic N) is 2. The number of rotatable bonds is 12. The van der Waals surface area contributed by atoms with Crippen LogP contribution in [0.2, 0.25) is 0 Å². The quantitative estimate of drug-likeness (QED) is 0.315. The van der Waals surface area contributed by atoms with E-state index in [0.29, 0.717) is 29.6 Å². The number of hydrogen-bond donors (Lipinski definition) is 3. The van der Waals surface area contributed by atoms with Gasteiger partial charge in [0.05, 0.1) is 23.7 Å². The van der Waals surface area contributed by atoms with Crippen molar-refractivity contribution in [1.82, 2.24) is 20.1 Å². The largest absolute Gasteiger partial charge is 0.383 e. The molecule has 12 nitrogen and oxygen atoms in total. The second kappa shape index (κ2) is 14.1. The molecular formula is C26H37N5O7S2. The summed E-state index contributed by atoms with van der Waals surface area (Å²) in [6.07, 6.45) is 0.623. The molecule has 0 spiro atoms. The number of benzene rings is 1. The smallest absolute Gasteiger partial charge is 0.272 e. The molecule has 1 aliphatic heterocycles. The maximum atomic E-state index is 13.2. The van der Waals surface area contributed by atoms with Gasteiger partial charge < -0.3 is 14.8 Å². The van der Waals surface area contributed by atoms with E-state index in [0.717, 1.165) is 17.0 Å². The first-order valence-electron chi connectivity index (χ1n) is 12.8. The molecule has 0 fully saturated rings. The predicted molar refractivity (Wildman–Crippen MR) is 152 cm³/mol. The molecule has 0 unspecified atom stereocenters. The SMILES string of the molecule is COCCN(CCOC)S(=O)(=O)c1ccc(C(=O)Nc2sc3c(c2C(=O)NNC(C)=O)CCN(C(C)C)C3)cc1. The van der Waals surface area contributed by atoms with Crippen molar-refractivity contribution in [2.45, 2.75) is 44.7 Å². The summed E-state index contributed by atoms with van der Waals surface area (Å²) in [6, 6.07) is 5.93. The summed E-state index contributed by atoms with van der Waals surface area (Å²) in [7, 11) is -0.853. The summed E-state index contributed by atoms with van der Waals surface area (Å²) < 4.78 is 37.7. The highest BCUT2D eigenvalue weighted by Gasteiger charge is 2.30. The zero-order chi connectivity index (χ0) is 29.4. The van der Waals surface area contributed by atoms with Gasteiger partial charge in [0.15, 0.2) is 0 Å². The minimum atomic E-state index is -3.84. The Balaban J connectivity index is 1.85. The Labute approximate surface area is 239 Å². The van der Waals surface area contributed by atoms with Crippen LogP contribution in [0.4, 0.5) is 5.00 Å². The molecule has 0 saturated heterocycles. The average Bonchev–Trinajstić information content (AvgIpc) is 3.28. The number of carbonyl (C=O) groups is 3. The molecule has 14 heteroatoms. The van der Waals surface area contributed by atoms with Gasteiger partial charge in [-0.15, -0.1) is 11.3 Å². The number of hydrogen-bond acceptors (Lipinski definition) is 9. The van der Waals surface area contributed by atoms with Gasteiger partial charge >= 0.3 is 0 Å². The first-order chi connectivity index (χ1) is 19.0. The normalized spacial score (nSPS) is 13.8. The van der Waals surface area contributed by atoms with Gasteiger partial charge in [-0.2, -0.15) is 4.31 Å². The first kappa shape index (κ1) is 31.6. The number of nitrogens with one attached hydrogen (secondary N) is 3. The molecular weight excluding hydrogens is 558 g/mol. The molecule has 3 rings (SSSR count). The molecule has 1 aliphatic rings. The Bertz CT molecular complexity index is 1300. The highest BCUT2D eigenvalue weighted by Crippen LogP contribution is 2.38. The van der Waals surface area contributed by atoms with Crippen LogP contribution in [0.25, 0.3) is 0 Å². The van der Waals surface area contributed by atoms with Crippen molar-refractivity contribution in [3.8, 4) is 0 Å². The third kappa shape index (κ3) is 7.65. The van der Waals surface area contributed by atoms with Crippen molar-refractivity contribution in [3.05, 3.63) is 45.8 Å². The van der Waals surface area contributed by atoms with Crippen LogP contribution in [-0.2, 0) is 37.3 Å². The maximum absolute atomic E-state index is 13.2. The van der Waals surface area contributed by atoms with Gasteiger partial charge in [0, 0.05) is 63.8 Å². The Morgan fingerprint density at radius 1 is 1.02 bits per heavy atom. The van der Waals surface area contributed by atoms with Crippen LogP contribution < -0.4 is 16.2 Å². The average molecular weight is 596 g/mol. The number of methoxy groups -OCH3 is 2. The zero-order valence-electron chi connectivity index (χ0n) is 23.4. The minimum absolute atomic E-state index is 0.0343. The molecule has 0 saturated carbocycles. The van der Waals surface area contributed by atoms with Crippen molar-refractivity contribution in [1.29, 1.82) is 0 Å². The summed E-state index contributed by atoms with van der Waals surface area (Å²) >= 11 is 1.32. The summed E-state index contributed by atoms with van der Waals surface area (Å²) in [5, 5.41) is 3.19. The van der Waals surface area contributed by atoms with Crippen LogP contribution in [0.5, 0.6) is 0 Å². The Hall–Kier alpha value is -2.88. The summed E-state index contributed by atoms with van der Waals surface area (Å²) in [4.78, 5) is 40.9. The lowest BCUT2D eigenvalue weighted by molar-refractivity contribution is -0.119. The van der Waals surface area contributed by atoms with E-state index in [-0.39, 0.29) is 36.8 Å². The second-order valence-electron chi connectivity index (χ2n) is 9.53. The molecule has 0 radical (unpaired) electrons. The van der Waals surface area contributed by atoms with Crippen LogP contribution in [0.15, 0.2) is 29.2 Å². The molecule has 3 N–H and O–H groups in total. The van der Waals surface area contributed by atoms with Gasteiger partial charge in [-0.3, -0.25) is 30.1 Å². The van der Waals surface area contributed by atoms with Gasteiger partial charge in [0.1, 0.15) is 5.00 Å². The molecule has 0 atom stereocenters. The summed E-state index contributed by atoms with van der Waals surface area (Å²) in [5.74, 6) is -1.44. The van der Waals surface area contributed by atoms with Crippen molar-refractivity contribution in [2.24, 2.45) is 0 Å².